The van der Waals surface area contributed by atoms with Gasteiger partial charge in [-0.05, 0) is 32.0 Å². The van der Waals surface area contributed by atoms with Crippen molar-refractivity contribution in [2.24, 2.45) is 0 Å². The van der Waals surface area contributed by atoms with E-state index >= 15 is 0 Å². The van der Waals surface area contributed by atoms with Crippen LogP contribution in [0.15, 0.2) is 23.7 Å². The first-order valence-electron chi connectivity index (χ1n) is 5.63. The van der Waals surface area contributed by atoms with E-state index in [9.17, 15) is 8.78 Å². The van der Waals surface area contributed by atoms with E-state index < -0.39 is 11.6 Å². The molecule has 0 fully saturated rings. The van der Waals surface area contributed by atoms with E-state index in [0.29, 0.717) is 12.0 Å². The van der Waals surface area contributed by atoms with Crippen molar-refractivity contribution in [3.8, 4) is 0 Å². The van der Waals surface area contributed by atoms with Crippen molar-refractivity contribution in [1.82, 2.24) is 10.3 Å². The Hall–Kier alpha value is -1.33. The number of halogens is 2. The van der Waals surface area contributed by atoms with Crippen LogP contribution in [0.2, 0.25) is 0 Å². The average molecular weight is 268 g/mol. The monoisotopic (exact) mass is 268 g/mol. The summed E-state index contributed by atoms with van der Waals surface area (Å²) < 4.78 is 26.5. The Morgan fingerprint density at radius 1 is 1.39 bits per heavy atom. The molecule has 96 valence electrons. The van der Waals surface area contributed by atoms with Gasteiger partial charge in [0, 0.05) is 17.0 Å². The largest absolute Gasteiger partial charge is 0.312 e. The van der Waals surface area contributed by atoms with Crippen LogP contribution in [0, 0.1) is 18.6 Å². The summed E-state index contributed by atoms with van der Waals surface area (Å²) in [5, 5.41) is 3.15. The Balaban J connectivity index is 2.23. The number of hydrogen-bond acceptors (Lipinski definition) is 3. The summed E-state index contributed by atoms with van der Waals surface area (Å²) in [5.41, 5.74) is 3.22. The van der Waals surface area contributed by atoms with Gasteiger partial charge in [-0.25, -0.2) is 13.8 Å². The Morgan fingerprint density at radius 3 is 2.72 bits per heavy atom. The van der Waals surface area contributed by atoms with E-state index in [1.54, 1.807) is 16.8 Å². The quantitative estimate of drug-likeness (QED) is 0.921. The summed E-state index contributed by atoms with van der Waals surface area (Å²) in [7, 11) is 1.82. The number of aryl methyl sites for hydroxylation is 1. The predicted molar refractivity (Wildman–Crippen MR) is 68.7 cm³/mol. The van der Waals surface area contributed by atoms with E-state index in [0.717, 1.165) is 16.6 Å². The number of benzene rings is 1. The molecule has 18 heavy (non-hydrogen) atoms. The lowest BCUT2D eigenvalue weighted by molar-refractivity contribution is 0.543. The van der Waals surface area contributed by atoms with Gasteiger partial charge in [0.2, 0.25) is 0 Å². The highest BCUT2D eigenvalue weighted by molar-refractivity contribution is 7.09. The summed E-state index contributed by atoms with van der Waals surface area (Å²) in [5.74, 6) is -1.05. The normalized spacial score (nSPS) is 12.7. The molecule has 1 aromatic heterocycles. The van der Waals surface area contributed by atoms with Gasteiger partial charge in [0.15, 0.2) is 0 Å². The summed E-state index contributed by atoms with van der Waals surface area (Å²) in [6.45, 7) is 1.93. The fourth-order valence-corrected chi connectivity index (χ4v) is 2.79. The molecule has 0 spiro atoms. The average Bonchev–Trinajstić information content (AvgIpc) is 2.75. The fraction of sp³-hybridized carbons (Fsp3) is 0.308. The summed E-state index contributed by atoms with van der Waals surface area (Å²) >= 11 is 1.54. The van der Waals surface area contributed by atoms with Gasteiger partial charge < -0.3 is 5.32 Å². The van der Waals surface area contributed by atoms with Crippen LogP contribution in [0.1, 0.15) is 22.2 Å². The zero-order valence-corrected chi connectivity index (χ0v) is 11.0. The number of thiazole rings is 1. The van der Waals surface area contributed by atoms with Crippen LogP contribution in [-0.4, -0.2) is 12.0 Å². The standard InChI is InChI=1S/C13H14F2N2S/c1-8-13(18-7-17-8)12(16-2)5-9-3-4-10(14)6-11(9)15/h3-4,6-7,12,16H,5H2,1-2H3. The van der Waals surface area contributed by atoms with Gasteiger partial charge in [0.25, 0.3) is 0 Å². The molecule has 2 nitrogen and oxygen atoms in total. The molecule has 1 heterocycles. The zero-order valence-electron chi connectivity index (χ0n) is 10.2. The maximum Gasteiger partial charge on any atom is 0.129 e. The molecular weight excluding hydrogens is 254 g/mol. The molecule has 0 aliphatic rings. The minimum absolute atomic E-state index is 0.00235. The van der Waals surface area contributed by atoms with Gasteiger partial charge in [-0.3, -0.25) is 0 Å². The summed E-state index contributed by atoms with van der Waals surface area (Å²) in [4.78, 5) is 5.27. The molecule has 0 bridgehead atoms. The number of aromatic nitrogens is 1. The van der Waals surface area contributed by atoms with Crippen LogP contribution in [0.25, 0.3) is 0 Å². The highest BCUT2D eigenvalue weighted by Crippen LogP contribution is 2.25. The smallest absolute Gasteiger partial charge is 0.129 e. The molecule has 2 rings (SSSR count). The number of likely N-dealkylation sites (N-methyl/N-ethyl adjacent to an activating group) is 1. The van der Waals surface area contributed by atoms with Crippen molar-refractivity contribution in [3.63, 3.8) is 0 Å². The molecule has 0 aliphatic heterocycles. The van der Waals surface area contributed by atoms with E-state index in [4.69, 9.17) is 0 Å². The van der Waals surface area contributed by atoms with Crippen LogP contribution >= 0.6 is 11.3 Å². The van der Waals surface area contributed by atoms with E-state index in [-0.39, 0.29) is 6.04 Å². The fourth-order valence-electron chi connectivity index (χ4n) is 1.88. The van der Waals surface area contributed by atoms with Gasteiger partial charge in [-0.1, -0.05) is 6.07 Å². The number of nitrogens with zero attached hydrogens (tertiary/aromatic N) is 1. The van der Waals surface area contributed by atoms with Crippen LogP contribution in [0.5, 0.6) is 0 Å². The maximum atomic E-state index is 13.6. The lowest BCUT2D eigenvalue weighted by Crippen LogP contribution is -2.19. The summed E-state index contributed by atoms with van der Waals surface area (Å²) in [6, 6.07) is 3.69. The van der Waals surface area contributed by atoms with Crippen molar-refractivity contribution in [2.45, 2.75) is 19.4 Å². The highest BCUT2D eigenvalue weighted by Gasteiger charge is 2.17. The molecule has 0 aliphatic carbocycles. The minimum Gasteiger partial charge on any atom is -0.312 e. The molecule has 0 saturated heterocycles. The first-order valence-corrected chi connectivity index (χ1v) is 6.51. The SMILES string of the molecule is CNC(Cc1ccc(F)cc1F)c1scnc1C. The second-order valence-electron chi connectivity index (χ2n) is 4.08. The topological polar surface area (TPSA) is 24.9 Å². The molecule has 2 aromatic rings. The molecular formula is C13H14F2N2S. The van der Waals surface area contributed by atoms with Crippen molar-refractivity contribution in [1.29, 1.82) is 0 Å². The van der Waals surface area contributed by atoms with Crippen molar-refractivity contribution in [3.05, 3.63) is 51.5 Å². The molecule has 1 aromatic carbocycles. The molecule has 1 unspecified atom stereocenters. The van der Waals surface area contributed by atoms with Crippen molar-refractivity contribution < 1.29 is 8.78 Å². The Morgan fingerprint density at radius 2 is 2.17 bits per heavy atom. The minimum atomic E-state index is -0.550. The van der Waals surface area contributed by atoms with Gasteiger partial charge in [0.1, 0.15) is 11.6 Å². The van der Waals surface area contributed by atoms with Gasteiger partial charge in [0.05, 0.1) is 11.2 Å². The first-order chi connectivity index (χ1) is 8.61. The third kappa shape index (κ3) is 2.73. The molecule has 0 saturated carbocycles. The van der Waals surface area contributed by atoms with Gasteiger partial charge in [-0.2, -0.15) is 0 Å². The highest BCUT2D eigenvalue weighted by atomic mass is 32.1. The van der Waals surface area contributed by atoms with Crippen LogP contribution < -0.4 is 5.32 Å². The Kier molecular flexibility index (Phi) is 4.04. The number of nitrogens with one attached hydrogen (secondary N) is 1. The maximum absolute atomic E-state index is 13.6. The molecule has 1 N–H and O–H groups in total. The molecule has 5 heteroatoms. The second kappa shape index (κ2) is 5.54. The molecule has 0 radical (unpaired) electrons. The van der Waals surface area contributed by atoms with Crippen molar-refractivity contribution >= 4 is 11.3 Å². The third-order valence-electron chi connectivity index (χ3n) is 2.89. The van der Waals surface area contributed by atoms with Crippen molar-refractivity contribution in [2.75, 3.05) is 7.05 Å². The molecule has 0 amide bonds. The van der Waals surface area contributed by atoms with Crippen LogP contribution in [0.3, 0.4) is 0 Å². The lowest BCUT2D eigenvalue weighted by atomic mass is 10.0. The number of hydrogen-bond donors (Lipinski definition) is 1. The first kappa shape index (κ1) is 13.1. The van der Waals surface area contributed by atoms with Crippen LogP contribution in [0.4, 0.5) is 8.78 Å². The summed E-state index contributed by atoms with van der Waals surface area (Å²) in [6.07, 6.45) is 0.478. The Bertz CT molecular complexity index is 540. The van der Waals surface area contributed by atoms with E-state index in [2.05, 4.69) is 10.3 Å². The predicted octanol–water partition coefficient (Wildman–Crippen LogP) is 3.23. The van der Waals surface area contributed by atoms with Gasteiger partial charge >= 0.3 is 0 Å². The van der Waals surface area contributed by atoms with E-state index in [1.165, 1.54) is 12.1 Å². The van der Waals surface area contributed by atoms with Crippen LogP contribution in [-0.2, 0) is 6.42 Å². The Labute approximate surface area is 109 Å². The van der Waals surface area contributed by atoms with E-state index in [1.807, 2.05) is 14.0 Å². The zero-order chi connectivity index (χ0) is 13.1. The lowest BCUT2D eigenvalue weighted by Gasteiger charge is -2.15. The second-order valence-corrected chi connectivity index (χ2v) is 4.97. The number of rotatable bonds is 4. The molecule has 1 atom stereocenters. The third-order valence-corrected chi connectivity index (χ3v) is 3.93. The van der Waals surface area contributed by atoms with Gasteiger partial charge in [-0.15, -0.1) is 11.3 Å².